The summed E-state index contributed by atoms with van der Waals surface area (Å²) in [4.78, 5) is 21.1. The van der Waals surface area contributed by atoms with Gasteiger partial charge in [-0.05, 0) is 36.2 Å². The molecular weight excluding hydrogens is 439 g/mol. The van der Waals surface area contributed by atoms with Crippen molar-refractivity contribution in [3.05, 3.63) is 29.9 Å². The normalized spacial score (nSPS) is 20.4. The summed E-state index contributed by atoms with van der Waals surface area (Å²) in [6, 6.07) is 3.53. The summed E-state index contributed by atoms with van der Waals surface area (Å²) in [6.45, 7) is 5.94. The van der Waals surface area contributed by atoms with Gasteiger partial charge in [0.1, 0.15) is 0 Å². The molecule has 0 N–H and O–H groups in total. The average molecular weight is 467 g/mol. The van der Waals surface area contributed by atoms with Crippen LogP contribution >= 0.6 is 0 Å². The standard InChI is InChI=1S/C21H27FN4O5S/c1-13(2)19-23-21(24-31-19)25-9-6-14(7-10-25)26-11-8-18(20(26)27)30-17-5-4-15(12-16(17)22)32(3,28)29/h4-5,12-14,18H,6-11H2,1-3H3. The average Bonchev–Trinajstić information content (AvgIpc) is 3.37. The third-order valence-corrected chi connectivity index (χ3v) is 7.01. The molecule has 2 aromatic rings. The highest BCUT2D eigenvalue weighted by molar-refractivity contribution is 7.90. The van der Waals surface area contributed by atoms with Crippen LogP contribution in [0.3, 0.4) is 0 Å². The lowest BCUT2D eigenvalue weighted by atomic mass is 10.0. The van der Waals surface area contributed by atoms with Crippen molar-refractivity contribution < 1.29 is 26.9 Å². The molecule has 1 atom stereocenters. The van der Waals surface area contributed by atoms with E-state index in [1.165, 1.54) is 12.1 Å². The summed E-state index contributed by atoms with van der Waals surface area (Å²) in [7, 11) is -3.52. The van der Waals surface area contributed by atoms with Crippen molar-refractivity contribution in [2.45, 2.75) is 56.1 Å². The van der Waals surface area contributed by atoms with E-state index in [1.54, 1.807) is 4.90 Å². The van der Waals surface area contributed by atoms with Gasteiger partial charge < -0.3 is 19.1 Å². The van der Waals surface area contributed by atoms with E-state index in [0.717, 1.165) is 25.2 Å². The Morgan fingerprint density at radius 2 is 1.91 bits per heavy atom. The zero-order chi connectivity index (χ0) is 23.0. The summed E-state index contributed by atoms with van der Waals surface area (Å²) >= 11 is 0. The predicted octanol–water partition coefficient (Wildman–Crippen LogP) is 2.38. The van der Waals surface area contributed by atoms with Crippen molar-refractivity contribution in [2.24, 2.45) is 0 Å². The lowest BCUT2D eigenvalue weighted by Gasteiger charge is -2.36. The van der Waals surface area contributed by atoms with Gasteiger partial charge in [0.25, 0.3) is 11.9 Å². The van der Waals surface area contributed by atoms with Gasteiger partial charge >= 0.3 is 0 Å². The minimum absolute atomic E-state index is 0.0706. The van der Waals surface area contributed by atoms with Crippen molar-refractivity contribution in [1.82, 2.24) is 15.0 Å². The number of hydrogen-bond acceptors (Lipinski definition) is 8. The summed E-state index contributed by atoms with van der Waals surface area (Å²) in [5.41, 5.74) is 0. The zero-order valence-electron chi connectivity index (χ0n) is 18.3. The lowest BCUT2D eigenvalue weighted by molar-refractivity contribution is -0.135. The first-order chi connectivity index (χ1) is 15.1. The zero-order valence-corrected chi connectivity index (χ0v) is 19.1. The Morgan fingerprint density at radius 1 is 1.19 bits per heavy atom. The Balaban J connectivity index is 1.35. The van der Waals surface area contributed by atoms with Gasteiger partial charge in [-0.15, -0.1) is 0 Å². The Morgan fingerprint density at radius 3 is 2.50 bits per heavy atom. The first-order valence-electron chi connectivity index (χ1n) is 10.7. The van der Waals surface area contributed by atoms with Crippen molar-refractivity contribution >= 4 is 21.7 Å². The minimum atomic E-state index is -3.52. The Hall–Kier alpha value is -2.69. The summed E-state index contributed by atoms with van der Waals surface area (Å²) in [6.07, 6.45) is 2.21. The molecule has 0 radical (unpaired) electrons. The smallest absolute Gasteiger partial charge is 0.266 e. The van der Waals surface area contributed by atoms with Crippen LogP contribution in [0, 0.1) is 5.82 Å². The fourth-order valence-electron chi connectivity index (χ4n) is 4.08. The first-order valence-corrected chi connectivity index (χ1v) is 12.6. The lowest BCUT2D eigenvalue weighted by Crippen LogP contribution is -2.47. The monoisotopic (exact) mass is 466 g/mol. The molecule has 4 rings (SSSR count). The molecular formula is C21H27FN4O5S. The molecule has 1 aromatic heterocycles. The van der Waals surface area contributed by atoms with Crippen LogP contribution in [0.4, 0.5) is 10.3 Å². The van der Waals surface area contributed by atoms with Crippen molar-refractivity contribution in [3.63, 3.8) is 0 Å². The van der Waals surface area contributed by atoms with Crippen molar-refractivity contribution in [2.75, 3.05) is 30.8 Å². The Labute approximate surface area is 186 Å². The number of hydrogen-bond donors (Lipinski definition) is 0. The molecule has 0 spiro atoms. The van der Waals surface area contributed by atoms with Gasteiger partial charge in [-0.3, -0.25) is 4.79 Å². The maximum absolute atomic E-state index is 14.3. The second-order valence-electron chi connectivity index (χ2n) is 8.60. The van der Waals surface area contributed by atoms with Gasteiger partial charge in [0.15, 0.2) is 27.5 Å². The topological polar surface area (TPSA) is 106 Å². The van der Waals surface area contributed by atoms with Gasteiger partial charge in [-0.25, -0.2) is 12.8 Å². The molecule has 2 saturated heterocycles. The molecule has 11 heteroatoms. The van der Waals surface area contributed by atoms with E-state index >= 15 is 0 Å². The highest BCUT2D eigenvalue weighted by atomic mass is 32.2. The van der Waals surface area contributed by atoms with Crippen LogP contribution in [0.5, 0.6) is 5.75 Å². The van der Waals surface area contributed by atoms with E-state index in [1.807, 2.05) is 13.8 Å². The molecule has 3 heterocycles. The molecule has 2 aliphatic rings. The highest BCUT2D eigenvalue weighted by Crippen LogP contribution is 2.29. The van der Waals surface area contributed by atoms with Crippen LogP contribution in [0.25, 0.3) is 0 Å². The molecule has 2 fully saturated rings. The molecule has 0 aliphatic carbocycles. The van der Waals surface area contributed by atoms with Gasteiger partial charge in [0.05, 0.1) is 4.90 Å². The van der Waals surface area contributed by atoms with E-state index in [2.05, 4.69) is 15.0 Å². The number of carbonyl (C=O) groups is 1. The quantitative estimate of drug-likeness (QED) is 0.639. The van der Waals surface area contributed by atoms with E-state index in [9.17, 15) is 17.6 Å². The Kier molecular flexibility index (Phi) is 6.11. The number of sulfone groups is 1. The number of ether oxygens (including phenoxy) is 1. The second-order valence-corrected chi connectivity index (χ2v) is 10.6. The van der Waals surface area contributed by atoms with Crippen LogP contribution in [0.15, 0.2) is 27.6 Å². The third kappa shape index (κ3) is 4.57. The number of amides is 1. The van der Waals surface area contributed by atoms with Crippen LogP contribution in [-0.2, 0) is 14.6 Å². The number of aromatic nitrogens is 2. The third-order valence-electron chi connectivity index (χ3n) is 5.90. The van der Waals surface area contributed by atoms with Crippen molar-refractivity contribution in [1.29, 1.82) is 0 Å². The molecule has 1 aromatic carbocycles. The summed E-state index contributed by atoms with van der Waals surface area (Å²) < 4.78 is 48.4. The molecule has 32 heavy (non-hydrogen) atoms. The SMILES string of the molecule is CC(C)c1nc(N2CCC(N3CCC(Oc4ccc(S(C)(=O)=O)cc4F)C3=O)CC2)no1. The van der Waals surface area contributed by atoms with Gasteiger partial charge in [0.2, 0.25) is 5.89 Å². The van der Waals surface area contributed by atoms with Crippen LogP contribution in [0.2, 0.25) is 0 Å². The summed E-state index contributed by atoms with van der Waals surface area (Å²) in [5, 5.41) is 4.05. The number of halogens is 1. The van der Waals surface area contributed by atoms with Gasteiger partial charge in [-0.1, -0.05) is 13.8 Å². The molecule has 0 saturated carbocycles. The highest BCUT2D eigenvalue weighted by Gasteiger charge is 2.39. The largest absolute Gasteiger partial charge is 0.477 e. The van der Waals surface area contributed by atoms with Gasteiger partial charge in [0, 0.05) is 44.3 Å². The van der Waals surface area contributed by atoms with Crippen LogP contribution < -0.4 is 9.64 Å². The van der Waals surface area contributed by atoms with Crippen LogP contribution in [-0.4, -0.2) is 67.4 Å². The maximum atomic E-state index is 14.3. The second kappa shape index (κ2) is 8.68. The molecule has 174 valence electrons. The van der Waals surface area contributed by atoms with Gasteiger partial charge in [-0.2, -0.15) is 4.98 Å². The number of benzene rings is 1. The summed E-state index contributed by atoms with van der Waals surface area (Å²) in [5.74, 6) is 0.263. The fourth-order valence-corrected chi connectivity index (χ4v) is 4.71. The molecule has 2 aliphatic heterocycles. The fraction of sp³-hybridized carbons (Fsp3) is 0.571. The molecule has 1 amide bonds. The van der Waals surface area contributed by atoms with E-state index in [-0.39, 0.29) is 28.5 Å². The Bertz CT molecular complexity index is 1100. The number of piperidine rings is 1. The minimum Gasteiger partial charge on any atom is -0.477 e. The number of anilines is 1. The molecule has 0 bridgehead atoms. The number of carbonyl (C=O) groups excluding carboxylic acids is 1. The number of nitrogens with zero attached hydrogens (tertiary/aromatic N) is 4. The van der Waals surface area contributed by atoms with Crippen molar-refractivity contribution in [3.8, 4) is 5.75 Å². The first kappa shape index (κ1) is 22.5. The molecule has 9 nitrogen and oxygen atoms in total. The predicted molar refractivity (Wildman–Crippen MR) is 114 cm³/mol. The van der Waals surface area contributed by atoms with E-state index < -0.39 is 21.8 Å². The number of rotatable bonds is 6. The molecule has 1 unspecified atom stereocenters. The van der Waals surface area contributed by atoms with Crippen LogP contribution in [0.1, 0.15) is 44.9 Å². The maximum Gasteiger partial charge on any atom is 0.266 e. The van der Waals surface area contributed by atoms with E-state index in [0.29, 0.717) is 37.9 Å². The van der Waals surface area contributed by atoms with E-state index in [4.69, 9.17) is 9.26 Å². The number of likely N-dealkylation sites (tertiary alicyclic amines) is 1.